The molecule has 10 heteroatoms. The van der Waals surface area contributed by atoms with E-state index in [0.717, 1.165) is 16.7 Å². The third-order valence-electron chi connectivity index (χ3n) is 8.18. The summed E-state index contributed by atoms with van der Waals surface area (Å²) in [6.45, 7) is 0.647. The van der Waals surface area contributed by atoms with E-state index in [1.165, 1.54) is 24.3 Å². The number of fused-ring (bicyclic) bond motifs is 2. The van der Waals surface area contributed by atoms with Crippen LogP contribution < -0.4 is 14.2 Å². The van der Waals surface area contributed by atoms with E-state index < -0.39 is 29.5 Å². The number of phenolic OH excluding ortho intramolecular Hbond substituents is 4. The van der Waals surface area contributed by atoms with Gasteiger partial charge >= 0.3 is 0 Å². The van der Waals surface area contributed by atoms with Gasteiger partial charge in [0.25, 0.3) is 0 Å². The number of Topliss-reactive ketones (excluding diaryl/α,β-unsaturated/α-hetero) is 1. The van der Waals surface area contributed by atoms with Crippen molar-refractivity contribution in [1.29, 1.82) is 0 Å². The third-order valence-corrected chi connectivity index (χ3v) is 8.18. The normalized spacial score (nSPS) is 19.7. The summed E-state index contributed by atoms with van der Waals surface area (Å²) in [6, 6.07) is 18.5. The second kappa shape index (κ2) is 11.0. The van der Waals surface area contributed by atoms with Gasteiger partial charge in [0.05, 0.1) is 25.8 Å². The van der Waals surface area contributed by atoms with Gasteiger partial charge in [-0.25, -0.2) is 0 Å². The highest BCUT2D eigenvalue weighted by Crippen LogP contribution is 2.47. The maximum atomic E-state index is 13.4. The SMILES string of the molecule is COc1cc2c(cc1OC)C(c1ccccc1)N(Cc1c(O)cc3c(c1O)C(=O)C(O)C(c1ccc(O)c(O)c1)O3)CC2. The van der Waals surface area contributed by atoms with E-state index in [1.54, 1.807) is 14.2 Å². The Kier molecular flexibility index (Phi) is 7.25. The molecular formula is C33H31NO9. The predicted molar refractivity (Wildman–Crippen MR) is 155 cm³/mol. The monoisotopic (exact) mass is 585 g/mol. The number of methoxy groups -OCH3 is 2. The second-order valence-electron chi connectivity index (χ2n) is 10.6. The van der Waals surface area contributed by atoms with E-state index in [4.69, 9.17) is 14.2 Å². The van der Waals surface area contributed by atoms with Crippen LogP contribution in [0.5, 0.6) is 40.2 Å². The van der Waals surface area contributed by atoms with Crippen LogP contribution in [0.25, 0.3) is 0 Å². The van der Waals surface area contributed by atoms with Crippen molar-refractivity contribution in [3.63, 3.8) is 0 Å². The molecule has 0 saturated heterocycles. The molecule has 43 heavy (non-hydrogen) atoms. The Balaban J connectivity index is 1.39. The number of aliphatic hydroxyl groups excluding tert-OH is 1. The molecule has 2 aliphatic heterocycles. The van der Waals surface area contributed by atoms with Gasteiger partial charge in [-0.15, -0.1) is 0 Å². The molecule has 4 aromatic carbocycles. The highest BCUT2D eigenvalue weighted by molar-refractivity contribution is 6.06. The average molecular weight is 586 g/mol. The average Bonchev–Trinajstić information content (AvgIpc) is 3.01. The number of phenols is 4. The fraction of sp³-hybridized carbons (Fsp3) is 0.242. The summed E-state index contributed by atoms with van der Waals surface area (Å²) in [4.78, 5) is 15.5. The first-order valence-electron chi connectivity index (χ1n) is 13.7. The minimum Gasteiger partial charge on any atom is -0.507 e. The molecule has 6 rings (SSSR count). The van der Waals surface area contributed by atoms with Gasteiger partial charge in [0.2, 0.25) is 5.78 Å². The number of rotatable bonds is 6. The van der Waals surface area contributed by atoms with Crippen LogP contribution in [0.4, 0.5) is 0 Å². The number of hydrogen-bond acceptors (Lipinski definition) is 10. The Hall–Kier alpha value is -4.93. The lowest BCUT2D eigenvalue weighted by Crippen LogP contribution is -2.37. The van der Waals surface area contributed by atoms with Crippen LogP contribution in [0.3, 0.4) is 0 Å². The predicted octanol–water partition coefficient (Wildman–Crippen LogP) is 4.35. The Morgan fingerprint density at radius 1 is 0.860 bits per heavy atom. The summed E-state index contributed by atoms with van der Waals surface area (Å²) < 4.78 is 17.0. The molecular weight excluding hydrogens is 554 g/mol. The number of aliphatic hydroxyl groups is 1. The van der Waals surface area contributed by atoms with Crippen LogP contribution in [-0.2, 0) is 13.0 Å². The Morgan fingerprint density at radius 2 is 1.58 bits per heavy atom. The summed E-state index contributed by atoms with van der Waals surface area (Å²) in [6.07, 6.45) is -2.28. The molecule has 0 amide bonds. The second-order valence-corrected chi connectivity index (χ2v) is 10.6. The van der Waals surface area contributed by atoms with Crippen molar-refractivity contribution in [2.24, 2.45) is 0 Å². The summed E-state index contributed by atoms with van der Waals surface area (Å²) in [7, 11) is 3.17. The van der Waals surface area contributed by atoms with E-state index >= 15 is 0 Å². The zero-order valence-corrected chi connectivity index (χ0v) is 23.5. The molecule has 0 saturated carbocycles. The molecule has 0 aliphatic carbocycles. The van der Waals surface area contributed by atoms with E-state index in [2.05, 4.69) is 4.90 Å². The van der Waals surface area contributed by atoms with Gasteiger partial charge in [-0.1, -0.05) is 36.4 Å². The molecule has 0 bridgehead atoms. The number of hydrogen-bond donors (Lipinski definition) is 5. The number of carbonyl (C=O) groups excluding carboxylic acids is 1. The Morgan fingerprint density at radius 3 is 2.28 bits per heavy atom. The lowest BCUT2D eigenvalue weighted by Gasteiger charge is -2.38. The Labute approximate surface area is 247 Å². The number of nitrogens with zero attached hydrogens (tertiary/aromatic N) is 1. The van der Waals surface area contributed by atoms with Gasteiger partial charge in [-0.2, -0.15) is 0 Å². The quantitative estimate of drug-likeness (QED) is 0.207. The van der Waals surface area contributed by atoms with Crippen molar-refractivity contribution in [3.8, 4) is 40.2 Å². The van der Waals surface area contributed by atoms with Gasteiger partial charge < -0.3 is 39.7 Å². The number of aromatic hydroxyl groups is 4. The van der Waals surface area contributed by atoms with Crippen LogP contribution in [0, 0.1) is 0 Å². The maximum absolute atomic E-state index is 13.4. The summed E-state index contributed by atoms with van der Waals surface area (Å²) in [5.41, 5.74) is 3.17. The van der Waals surface area contributed by atoms with Gasteiger partial charge in [-0.05, 0) is 52.9 Å². The number of ketones is 1. The lowest BCUT2D eigenvalue weighted by molar-refractivity contribution is 0.0209. The first-order valence-corrected chi connectivity index (χ1v) is 13.7. The zero-order chi connectivity index (χ0) is 30.4. The number of carbonyl (C=O) groups is 1. The van der Waals surface area contributed by atoms with Crippen LogP contribution in [0.15, 0.2) is 66.7 Å². The molecule has 222 valence electrons. The number of benzene rings is 4. The van der Waals surface area contributed by atoms with Crippen molar-refractivity contribution in [3.05, 3.63) is 100 Å². The highest BCUT2D eigenvalue weighted by atomic mass is 16.5. The molecule has 0 radical (unpaired) electrons. The van der Waals surface area contributed by atoms with Gasteiger partial charge in [0.1, 0.15) is 22.8 Å². The summed E-state index contributed by atoms with van der Waals surface area (Å²) in [5.74, 6) is -1.26. The molecule has 4 aromatic rings. The summed E-state index contributed by atoms with van der Waals surface area (Å²) >= 11 is 0. The summed E-state index contributed by atoms with van der Waals surface area (Å²) in [5, 5.41) is 52.9. The van der Waals surface area contributed by atoms with Crippen molar-refractivity contribution < 1.29 is 44.5 Å². The van der Waals surface area contributed by atoms with E-state index in [-0.39, 0.29) is 46.5 Å². The van der Waals surface area contributed by atoms with Crippen molar-refractivity contribution in [1.82, 2.24) is 4.90 Å². The lowest BCUT2D eigenvalue weighted by atomic mass is 9.86. The highest BCUT2D eigenvalue weighted by Gasteiger charge is 2.41. The van der Waals surface area contributed by atoms with Gasteiger partial charge in [0.15, 0.2) is 35.2 Å². The third kappa shape index (κ3) is 4.84. The molecule has 0 fully saturated rings. The molecule has 0 spiro atoms. The van der Waals surface area contributed by atoms with Crippen LogP contribution >= 0.6 is 0 Å². The van der Waals surface area contributed by atoms with Gasteiger partial charge in [0, 0.05) is 19.2 Å². The fourth-order valence-electron chi connectivity index (χ4n) is 6.01. The fourth-order valence-corrected chi connectivity index (χ4v) is 6.01. The van der Waals surface area contributed by atoms with Crippen molar-refractivity contribution in [2.75, 3.05) is 20.8 Å². The molecule has 5 N–H and O–H groups in total. The molecule has 3 atom stereocenters. The largest absolute Gasteiger partial charge is 0.507 e. The molecule has 2 heterocycles. The standard InChI is InChI=1S/C33H31NO9/c1-41-25-13-18-10-11-34(29(17-6-4-3-5-7-17)20(18)14-26(25)42-2)16-21-23(36)15-27-28(30(21)38)31(39)32(40)33(43-27)19-8-9-22(35)24(37)12-19/h3-9,12-15,29,32-33,35-38,40H,10-11,16H2,1-2H3. The first-order chi connectivity index (χ1) is 20.7. The Bertz CT molecular complexity index is 1710. The minimum absolute atomic E-state index is 0.0803. The zero-order valence-electron chi connectivity index (χ0n) is 23.5. The first kappa shape index (κ1) is 28.2. The van der Waals surface area contributed by atoms with E-state index in [0.29, 0.717) is 24.5 Å². The maximum Gasteiger partial charge on any atom is 0.202 e. The molecule has 2 aliphatic rings. The van der Waals surface area contributed by atoms with Crippen molar-refractivity contribution >= 4 is 5.78 Å². The number of ether oxygens (including phenoxy) is 3. The van der Waals surface area contributed by atoms with Crippen LogP contribution in [0.1, 0.15) is 50.3 Å². The van der Waals surface area contributed by atoms with Crippen LogP contribution in [0.2, 0.25) is 0 Å². The minimum atomic E-state index is -1.71. The molecule has 0 aromatic heterocycles. The smallest absolute Gasteiger partial charge is 0.202 e. The van der Waals surface area contributed by atoms with Gasteiger partial charge in [-0.3, -0.25) is 9.69 Å². The van der Waals surface area contributed by atoms with E-state index in [1.807, 2.05) is 42.5 Å². The van der Waals surface area contributed by atoms with Crippen LogP contribution in [-0.4, -0.2) is 63.1 Å². The van der Waals surface area contributed by atoms with Crippen molar-refractivity contribution in [2.45, 2.75) is 31.2 Å². The van der Waals surface area contributed by atoms with E-state index in [9.17, 15) is 30.3 Å². The molecule has 3 unspecified atom stereocenters. The molecule has 10 nitrogen and oxygen atoms in total. The topological polar surface area (TPSA) is 149 Å².